The molecule has 0 spiro atoms. The second-order valence-corrected chi connectivity index (χ2v) is 7.42. The molecule has 3 nitrogen and oxygen atoms in total. The SMILES string of the molecule is [2H]C([2H])([2H])c1ccc2c(n1)oc1c(-c3ccc4sc(C)c(C)c4n3)cccc12. The van der Waals surface area contributed by atoms with Gasteiger partial charge in [-0.1, -0.05) is 12.1 Å². The molecule has 0 fully saturated rings. The fourth-order valence-electron chi connectivity index (χ4n) is 3.24. The van der Waals surface area contributed by atoms with Gasteiger partial charge in [-0.2, -0.15) is 0 Å². The highest BCUT2D eigenvalue weighted by Gasteiger charge is 2.15. The van der Waals surface area contributed by atoms with Gasteiger partial charge in [-0.05, 0) is 56.6 Å². The van der Waals surface area contributed by atoms with Gasteiger partial charge in [-0.25, -0.2) is 9.97 Å². The number of benzene rings is 1. The molecule has 4 aromatic heterocycles. The summed E-state index contributed by atoms with van der Waals surface area (Å²) in [4.78, 5) is 10.4. The fraction of sp³-hybridized carbons (Fsp3) is 0.143. The standard InChI is InChI=1S/C21H16N2OS/c1-11-7-8-15-14-5-4-6-16(20(14)24-21(15)22-11)17-9-10-18-19(23-17)12(2)13(3)25-18/h4-10H,1-3H3/i1D3. The Bertz CT molecular complexity index is 1380. The third-order valence-corrected chi connectivity index (χ3v) is 5.81. The molecule has 5 aromatic rings. The molecule has 4 heteroatoms. The van der Waals surface area contributed by atoms with Crippen LogP contribution >= 0.6 is 11.3 Å². The van der Waals surface area contributed by atoms with Crippen LogP contribution in [0.25, 0.3) is 43.5 Å². The van der Waals surface area contributed by atoms with Crippen LogP contribution in [0.15, 0.2) is 46.9 Å². The lowest BCUT2D eigenvalue weighted by atomic mass is 10.1. The van der Waals surface area contributed by atoms with Crippen molar-refractivity contribution in [1.82, 2.24) is 9.97 Å². The van der Waals surface area contributed by atoms with Crippen LogP contribution in [0.3, 0.4) is 0 Å². The minimum Gasteiger partial charge on any atom is -0.437 e. The Balaban J connectivity index is 1.77. The van der Waals surface area contributed by atoms with Crippen molar-refractivity contribution in [2.45, 2.75) is 20.7 Å². The maximum Gasteiger partial charge on any atom is 0.227 e. The molecule has 25 heavy (non-hydrogen) atoms. The predicted molar refractivity (Wildman–Crippen MR) is 104 cm³/mol. The van der Waals surface area contributed by atoms with Crippen molar-refractivity contribution in [3.05, 3.63) is 58.6 Å². The smallest absolute Gasteiger partial charge is 0.227 e. The first-order chi connectivity index (χ1) is 13.3. The van der Waals surface area contributed by atoms with E-state index in [9.17, 15) is 0 Å². The third-order valence-electron chi connectivity index (χ3n) is 4.64. The number of hydrogen-bond donors (Lipinski definition) is 0. The van der Waals surface area contributed by atoms with Crippen molar-refractivity contribution >= 4 is 43.6 Å². The van der Waals surface area contributed by atoms with Crippen molar-refractivity contribution in [1.29, 1.82) is 0 Å². The molecule has 0 atom stereocenters. The molecule has 0 N–H and O–H groups in total. The zero-order valence-corrected chi connectivity index (χ0v) is 14.6. The molecule has 5 rings (SSSR count). The summed E-state index contributed by atoms with van der Waals surface area (Å²) >= 11 is 1.74. The van der Waals surface area contributed by atoms with Gasteiger partial charge in [0.1, 0.15) is 5.58 Å². The topological polar surface area (TPSA) is 38.9 Å². The van der Waals surface area contributed by atoms with Crippen LogP contribution in [0.2, 0.25) is 0 Å². The molecule has 0 amide bonds. The molecular formula is C21H16N2OS. The molecular weight excluding hydrogens is 328 g/mol. The second-order valence-electron chi connectivity index (χ2n) is 6.16. The summed E-state index contributed by atoms with van der Waals surface area (Å²) in [6.07, 6.45) is 0. The van der Waals surface area contributed by atoms with Gasteiger partial charge >= 0.3 is 0 Å². The molecule has 0 bridgehead atoms. The summed E-state index contributed by atoms with van der Waals surface area (Å²) in [6.45, 7) is 1.93. The number of pyridine rings is 2. The van der Waals surface area contributed by atoms with E-state index in [2.05, 4.69) is 24.9 Å². The first kappa shape index (κ1) is 11.8. The summed E-state index contributed by atoms with van der Waals surface area (Å²) < 4.78 is 29.9. The van der Waals surface area contributed by atoms with Crippen LogP contribution < -0.4 is 0 Å². The fourth-order valence-corrected chi connectivity index (χ4v) is 4.25. The van der Waals surface area contributed by atoms with Crippen LogP contribution in [-0.2, 0) is 0 Å². The van der Waals surface area contributed by atoms with Crippen LogP contribution in [0, 0.1) is 20.7 Å². The molecule has 0 aliphatic rings. The van der Waals surface area contributed by atoms with E-state index < -0.39 is 6.85 Å². The lowest BCUT2D eigenvalue weighted by Crippen LogP contribution is -1.85. The molecule has 1 aromatic carbocycles. The maximum absolute atomic E-state index is 7.58. The van der Waals surface area contributed by atoms with E-state index in [-0.39, 0.29) is 5.69 Å². The van der Waals surface area contributed by atoms with Gasteiger partial charge < -0.3 is 4.42 Å². The molecule has 0 saturated heterocycles. The van der Waals surface area contributed by atoms with Gasteiger partial charge in [0.15, 0.2) is 0 Å². The van der Waals surface area contributed by atoms with Crippen molar-refractivity contribution in [3.8, 4) is 11.3 Å². The largest absolute Gasteiger partial charge is 0.437 e. The molecule has 0 unspecified atom stereocenters. The number of hydrogen-bond acceptors (Lipinski definition) is 4. The first-order valence-corrected chi connectivity index (χ1v) is 8.84. The van der Waals surface area contributed by atoms with Crippen molar-refractivity contribution in [3.63, 3.8) is 0 Å². The molecule has 0 saturated carbocycles. The Kier molecular flexibility index (Phi) is 2.42. The van der Waals surface area contributed by atoms with E-state index in [4.69, 9.17) is 13.5 Å². The summed E-state index contributed by atoms with van der Waals surface area (Å²) in [5.74, 6) is 0. The monoisotopic (exact) mass is 347 g/mol. The van der Waals surface area contributed by atoms with E-state index >= 15 is 0 Å². The van der Waals surface area contributed by atoms with Crippen molar-refractivity contribution in [2.75, 3.05) is 0 Å². The van der Waals surface area contributed by atoms with Crippen molar-refractivity contribution < 1.29 is 8.53 Å². The number of fused-ring (bicyclic) bond motifs is 4. The Hall–Kier alpha value is -2.72. The van der Waals surface area contributed by atoms with Crippen LogP contribution in [0.4, 0.5) is 0 Å². The number of rotatable bonds is 1. The van der Waals surface area contributed by atoms with Gasteiger partial charge in [-0.15, -0.1) is 11.3 Å². The zero-order valence-electron chi connectivity index (χ0n) is 16.8. The zero-order chi connectivity index (χ0) is 19.6. The lowest BCUT2D eigenvalue weighted by molar-refractivity contribution is 0.653. The minimum atomic E-state index is -2.27. The highest BCUT2D eigenvalue weighted by Crippen LogP contribution is 2.36. The summed E-state index contributed by atoms with van der Waals surface area (Å²) in [6, 6.07) is 13.3. The number of thiophene rings is 1. The number of furan rings is 1. The summed E-state index contributed by atoms with van der Waals surface area (Å²) in [5, 5.41) is 1.70. The van der Waals surface area contributed by atoms with E-state index in [0.717, 1.165) is 27.5 Å². The van der Waals surface area contributed by atoms with Gasteiger partial charge in [0, 0.05) is 31.0 Å². The quantitative estimate of drug-likeness (QED) is 0.363. The highest BCUT2D eigenvalue weighted by molar-refractivity contribution is 7.19. The molecule has 122 valence electrons. The average molecular weight is 347 g/mol. The van der Waals surface area contributed by atoms with Gasteiger partial charge in [0.2, 0.25) is 5.71 Å². The van der Waals surface area contributed by atoms with Crippen LogP contribution in [-0.4, -0.2) is 9.97 Å². The first-order valence-electron chi connectivity index (χ1n) is 9.53. The van der Waals surface area contributed by atoms with Gasteiger partial charge in [0.25, 0.3) is 0 Å². The van der Waals surface area contributed by atoms with E-state index in [0.29, 0.717) is 11.3 Å². The van der Waals surface area contributed by atoms with Gasteiger partial charge in [0.05, 0.1) is 15.9 Å². The molecule has 0 aliphatic heterocycles. The number of para-hydroxylation sites is 1. The third kappa shape index (κ3) is 2.11. The molecule has 4 heterocycles. The molecule has 0 radical (unpaired) electrons. The van der Waals surface area contributed by atoms with Crippen LogP contribution in [0.5, 0.6) is 0 Å². The van der Waals surface area contributed by atoms with Crippen LogP contribution in [0.1, 0.15) is 20.2 Å². The highest BCUT2D eigenvalue weighted by atomic mass is 32.1. The minimum absolute atomic E-state index is 0.0320. The Morgan fingerprint density at radius 2 is 1.92 bits per heavy atom. The second kappa shape index (κ2) is 5.14. The van der Waals surface area contributed by atoms with Gasteiger partial charge in [-0.3, -0.25) is 0 Å². The maximum atomic E-state index is 7.58. The molecule has 0 aliphatic carbocycles. The Morgan fingerprint density at radius 3 is 2.80 bits per heavy atom. The summed E-state index contributed by atoms with van der Waals surface area (Å²) in [5.41, 5.74) is 4.94. The Morgan fingerprint density at radius 1 is 1.00 bits per heavy atom. The normalized spacial score (nSPS) is 14.1. The summed E-state index contributed by atoms with van der Waals surface area (Å²) in [7, 11) is 0. The number of aromatic nitrogens is 2. The van der Waals surface area contributed by atoms with Crippen molar-refractivity contribution in [2.24, 2.45) is 0 Å². The van der Waals surface area contributed by atoms with E-state index in [1.165, 1.54) is 15.1 Å². The number of aryl methyl sites for hydroxylation is 3. The number of nitrogens with zero attached hydrogens (tertiary/aromatic N) is 2. The average Bonchev–Trinajstić information content (AvgIpc) is 3.17. The lowest BCUT2D eigenvalue weighted by Gasteiger charge is -2.02. The van der Waals surface area contributed by atoms with E-state index in [1.807, 2.05) is 24.3 Å². The predicted octanol–water partition coefficient (Wildman–Crippen LogP) is 6.18. The van der Waals surface area contributed by atoms with E-state index in [1.54, 1.807) is 23.5 Å². The Labute approximate surface area is 153 Å².